The van der Waals surface area contributed by atoms with E-state index in [2.05, 4.69) is 30.8 Å². The number of sulfonamides is 1. The molecule has 1 rings (SSSR count). The summed E-state index contributed by atoms with van der Waals surface area (Å²) in [5.74, 6) is 0.592. The second-order valence-corrected chi connectivity index (χ2v) is 8.63. The van der Waals surface area contributed by atoms with Crippen LogP contribution in [0.5, 0.6) is 0 Å². The van der Waals surface area contributed by atoms with Crippen molar-refractivity contribution < 1.29 is 8.42 Å². The van der Waals surface area contributed by atoms with Crippen molar-refractivity contribution in [3.8, 4) is 0 Å². The third kappa shape index (κ3) is 6.91. The van der Waals surface area contributed by atoms with Crippen LogP contribution >= 0.6 is 11.3 Å². The standard InChI is InChI=1S/C15H28N2O2S2/c1-5-8-16-10-14-9-15(11-20-14)21(18,19)17-13(4)7-6-12(2)3/h9,11-13,16-17H,5-8,10H2,1-4H3. The molecule has 0 aromatic carbocycles. The molecule has 0 fully saturated rings. The predicted octanol–water partition coefficient (Wildman–Crippen LogP) is 3.35. The van der Waals surface area contributed by atoms with Crippen LogP contribution in [0.2, 0.25) is 0 Å². The van der Waals surface area contributed by atoms with E-state index in [9.17, 15) is 8.42 Å². The summed E-state index contributed by atoms with van der Waals surface area (Å²) in [6, 6.07) is 1.74. The maximum atomic E-state index is 12.3. The number of hydrogen-bond donors (Lipinski definition) is 2. The maximum absolute atomic E-state index is 12.3. The summed E-state index contributed by atoms with van der Waals surface area (Å²) in [6.07, 6.45) is 2.97. The summed E-state index contributed by atoms with van der Waals surface area (Å²) in [5.41, 5.74) is 0. The molecule has 122 valence electrons. The Hall–Kier alpha value is -0.430. The molecular weight excluding hydrogens is 304 g/mol. The summed E-state index contributed by atoms with van der Waals surface area (Å²) in [4.78, 5) is 1.44. The second kappa shape index (κ2) is 8.88. The van der Waals surface area contributed by atoms with E-state index in [1.165, 1.54) is 11.3 Å². The van der Waals surface area contributed by atoms with Crippen molar-refractivity contribution in [2.24, 2.45) is 5.92 Å². The lowest BCUT2D eigenvalue weighted by Gasteiger charge is -2.14. The van der Waals surface area contributed by atoms with E-state index >= 15 is 0 Å². The molecule has 0 amide bonds. The number of nitrogens with one attached hydrogen (secondary N) is 2. The van der Waals surface area contributed by atoms with Gasteiger partial charge in [0, 0.05) is 22.8 Å². The Labute approximate surface area is 133 Å². The monoisotopic (exact) mass is 332 g/mol. The fourth-order valence-electron chi connectivity index (χ4n) is 1.96. The van der Waals surface area contributed by atoms with Crippen molar-refractivity contribution in [1.29, 1.82) is 0 Å². The molecule has 0 saturated carbocycles. The first-order valence-electron chi connectivity index (χ1n) is 7.65. The van der Waals surface area contributed by atoms with Gasteiger partial charge in [0.25, 0.3) is 0 Å². The first-order valence-corrected chi connectivity index (χ1v) is 10.0. The molecule has 0 saturated heterocycles. The van der Waals surface area contributed by atoms with Crippen LogP contribution in [-0.4, -0.2) is 21.0 Å². The number of hydrogen-bond acceptors (Lipinski definition) is 4. The van der Waals surface area contributed by atoms with E-state index in [1.54, 1.807) is 11.4 Å². The molecule has 6 heteroatoms. The van der Waals surface area contributed by atoms with E-state index in [-0.39, 0.29) is 6.04 Å². The van der Waals surface area contributed by atoms with Crippen LogP contribution in [0, 0.1) is 5.92 Å². The lowest BCUT2D eigenvalue weighted by Crippen LogP contribution is -2.32. The van der Waals surface area contributed by atoms with Gasteiger partial charge in [-0.15, -0.1) is 11.3 Å². The fraction of sp³-hybridized carbons (Fsp3) is 0.733. The quantitative estimate of drug-likeness (QED) is 0.646. The first kappa shape index (κ1) is 18.6. The van der Waals surface area contributed by atoms with Gasteiger partial charge in [-0.25, -0.2) is 13.1 Å². The zero-order chi connectivity index (χ0) is 15.9. The summed E-state index contributed by atoms with van der Waals surface area (Å²) in [6.45, 7) is 10.0. The third-order valence-corrected chi connectivity index (χ3v) is 5.85. The van der Waals surface area contributed by atoms with Gasteiger partial charge in [-0.2, -0.15) is 0 Å². The molecule has 0 spiro atoms. The molecule has 21 heavy (non-hydrogen) atoms. The predicted molar refractivity (Wildman–Crippen MR) is 90.2 cm³/mol. The largest absolute Gasteiger partial charge is 0.312 e. The molecule has 0 aliphatic rings. The molecule has 1 atom stereocenters. The van der Waals surface area contributed by atoms with Crippen molar-refractivity contribution in [2.75, 3.05) is 6.54 Å². The van der Waals surface area contributed by atoms with Crippen LogP contribution < -0.4 is 10.0 Å². The van der Waals surface area contributed by atoms with Crippen LogP contribution in [0.25, 0.3) is 0 Å². The van der Waals surface area contributed by atoms with E-state index < -0.39 is 10.0 Å². The summed E-state index contributed by atoms with van der Waals surface area (Å²) < 4.78 is 27.4. The lowest BCUT2D eigenvalue weighted by molar-refractivity contribution is 0.485. The van der Waals surface area contributed by atoms with Crippen LogP contribution in [0.4, 0.5) is 0 Å². The molecule has 0 aliphatic carbocycles. The molecule has 1 unspecified atom stereocenters. The third-order valence-electron chi connectivity index (χ3n) is 3.20. The van der Waals surface area contributed by atoms with Crippen LogP contribution in [0.3, 0.4) is 0 Å². The SMILES string of the molecule is CCCNCc1cc(S(=O)(=O)NC(C)CCC(C)C)cs1. The summed E-state index contributed by atoms with van der Waals surface area (Å²) >= 11 is 1.49. The van der Waals surface area contributed by atoms with Crippen LogP contribution in [-0.2, 0) is 16.6 Å². The van der Waals surface area contributed by atoms with Gasteiger partial charge in [0.05, 0.1) is 4.90 Å². The molecule has 1 heterocycles. The Morgan fingerprint density at radius 1 is 1.24 bits per heavy atom. The average Bonchev–Trinajstić information content (AvgIpc) is 2.86. The number of rotatable bonds is 10. The van der Waals surface area contributed by atoms with Gasteiger partial charge in [-0.3, -0.25) is 0 Å². The van der Waals surface area contributed by atoms with Crippen molar-refractivity contribution in [2.45, 2.75) is 64.4 Å². The lowest BCUT2D eigenvalue weighted by atomic mass is 10.1. The van der Waals surface area contributed by atoms with E-state index in [0.717, 1.165) is 37.2 Å². The summed E-state index contributed by atoms with van der Waals surface area (Å²) in [5, 5.41) is 5.01. The van der Waals surface area contributed by atoms with Crippen molar-refractivity contribution in [1.82, 2.24) is 10.0 Å². The Kier molecular flexibility index (Phi) is 7.87. The molecular formula is C15H28N2O2S2. The Morgan fingerprint density at radius 2 is 1.95 bits per heavy atom. The molecule has 1 aromatic heterocycles. The maximum Gasteiger partial charge on any atom is 0.241 e. The molecule has 4 nitrogen and oxygen atoms in total. The van der Waals surface area contributed by atoms with Gasteiger partial charge in [-0.1, -0.05) is 20.8 Å². The molecule has 2 N–H and O–H groups in total. The van der Waals surface area contributed by atoms with Gasteiger partial charge in [0.1, 0.15) is 0 Å². The highest BCUT2D eigenvalue weighted by atomic mass is 32.2. The van der Waals surface area contributed by atoms with Gasteiger partial charge in [-0.05, 0) is 44.7 Å². The van der Waals surface area contributed by atoms with Crippen LogP contribution in [0.1, 0.15) is 51.8 Å². The zero-order valence-electron chi connectivity index (χ0n) is 13.5. The van der Waals surface area contributed by atoms with E-state index in [1.807, 2.05) is 6.92 Å². The highest BCUT2D eigenvalue weighted by Crippen LogP contribution is 2.20. The molecule has 0 radical (unpaired) electrons. The second-order valence-electron chi connectivity index (χ2n) is 5.92. The highest BCUT2D eigenvalue weighted by molar-refractivity contribution is 7.89. The normalized spacial score (nSPS) is 13.8. The highest BCUT2D eigenvalue weighted by Gasteiger charge is 2.19. The van der Waals surface area contributed by atoms with E-state index in [4.69, 9.17) is 0 Å². The topological polar surface area (TPSA) is 58.2 Å². The zero-order valence-corrected chi connectivity index (χ0v) is 15.1. The minimum absolute atomic E-state index is 0.0287. The van der Waals surface area contributed by atoms with Gasteiger partial charge < -0.3 is 5.32 Å². The van der Waals surface area contributed by atoms with Crippen molar-refractivity contribution in [3.05, 3.63) is 16.3 Å². The van der Waals surface area contributed by atoms with Crippen molar-refractivity contribution in [3.63, 3.8) is 0 Å². The molecule has 0 bridgehead atoms. The molecule has 0 aliphatic heterocycles. The minimum atomic E-state index is -3.38. The van der Waals surface area contributed by atoms with Gasteiger partial charge in [0.2, 0.25) is 10.0 Å². The average molecular weight is 333 g/mol. The van der Waals surface area contributed by atoms with Crippen LogP contribution in [0.15, 0.2) is 16.3 Å². The Morgan fingerprint density at radius 3 is 2.57 bits per heavy atom. The van der Waals surface area contributed by atoms with Gasteiger partial charge in [0.15, 0.2) is 0 Å². The Bertz CT molecular complexity index is 509. The minimum Gasteiger partial charge on any atom is -0.312 e. The Balaban J connectivity index is 2.57. The molecule has 1 aromatic rings. The fourth-order valence-corrected chi connectivity index (χ4v) is 4.48. The van der Waals surface area contributed by atoms with Gasteiger partial charge >= 0.3 is 0 Å². The number of thiophene rings is 1. The van der Waals surface area contributed by atoms with E-state index in [0.29, 0.717) is 10.8 Å². The summed E-state index contributed by atoms with van der Waals surface area (Å²) in [7, 11) is -3.38. The van der Waals surface area contributed by atoms with Crippen molar-refractivity contribution >= 4 is 21.4 Å². The smallest absolute Gasteiger partial charge is 0.241 e. The first-order chi connectivity index (χ1) is 9.85.